The molecule has 0 spiro atoms. The van der Waals surface area contributed by atoms with E-state index in [-0.39, 0.29) is 17.0 Å². The summed E-state index contributed by atoms with van der Waals surface area (Å²) in [6, 6.07) is 5.65. The minimum Gasteiger partial charge on any atom is -0.192 e. The maximum atomic E-state index is 12.7. The van der Waals surface area contributed by atoms with Crippen LogP contribution in [0.3, 0.4) is 0 Å². The molecule has 0 amide bonds. The zero-order valence-electron chi connectivity index (χ0n) is 8.39. The summed E-state index contributed by atoms with van der Waals surface area (Å²) in [6.45, 7) is 3.34. The van der Waals surface area contributed by atoms with Crippen molar-refractivity contribution in [3.05, 3.63) is 34.9 Å². The highest BCUT2D eigenvalue weighted by Crippen LogP contribution is 2.37. The molecule has 0 unspecified atom stereocenters. The molecule has 0 saturated heterocycles. The lowest BCUT2D eigenvalue weighted by atomic mass is 9.93. The van der Waals surface area contributed by atoms with Gasteiger partial charge in [-0.25, -0.2) is 0 Å². The summed E-state index contributed by atoms with van der Waals surface area (Å²) in [5.41, 5.74) is -0.947. The van der Waals surface area contributed by atoms with Crippen molar-refractivity contribution in [3.63, 3.8) is 0 Å². The summed E-state index contributed by atoms with van der Waals surface area (Å²) in [5.74, 6) is -0.255. The maximum Gasteiger partial charge on any atom is 0.417 e. The van der Waals surface area contributed by atoms with Gasteiger partial charge in [0, 0.05) is 0 Å². The van der Waals surface area contributed by atoms with Gasteiger partial charge >= 0.3 is 6.18 Å². The predicted octanol–water partition coefficient (Wildman–Crippen LogP) is 3.70. The van der Waals surface area contributed by atoms with Gasteiger partial charge < -0.3 is 0 Å². The van der Waals surface area contributed by atoms with E-state index in [0.717, 1.165) is 0 Å². The van der Waals surface area contributed by atoms with E-state index in [9.17, 15) is 13.2 Å². The number of alkyl halides is 3. The number of hydrogen-bond donors (Lipinski definition) is 0. The van der Waals surface area contributed by atoms with E-state index < -0.39 is 11.7 Å². The Morgan fingerprint density at radius 1 is 1.27 bits per heavy atom. The molecule has 0 bridgehead atoms. The topological polar surface area (TPSA) is 23.8 Å². The Balaban J connectivity index is 3.50. The first-order valence-corrected chi connectivity index (χ1v) is 4.48. The van der Waals surface area contributed by atoms with Crippen LogP contribution >= 0.6 is 0 Å². The highest BCUT2D eigenvalue weighted by Gasteiger charge is 2.36. The number of nitriles is 1. The highest BCUT2D eigenvalue weighted by atomic mass is 19.4. The molecule has 0 radical (unpaired) electrons. The first-order chi connectivity index (χ1) is 6.88. The van der Waals surface area contributed by atoms with Gasteiger partial charge in [0.2, 0.25) is 0 Å². The fourth-order valence-corrected chi connectivity index (χ4v) is 1.46. The fraction of sp³-hybridized carbons (Fsp3) is 0.364. The van der Waals surface area contributed by atoms with E-state index in [1.54, 1.807) is 19.9 Å². The van der Waals surface area contributed by atoms with Crippen LogP contribution in [0.15, 0.2) is 18.2 Å². The number of rotatable bonds is 1. The minimum absolute atomic E-state index is 0.168. The zero-order chi connectivity index (χ0) is 11.6. The van der Waals surface area contributed by atoms with Gasteiger partial charge in [-0.15, -0.1) is 0 Å². The Labute approximate surface area is 86.1 Å². The average molecular weight is 213 g/mol. The summed E-state index contributed by atoms with van der Waals surface area (Å²) in [5, 5.41) is 8.64. The molecule has 0 atom stereocenters. The van der Waals surface area contributed by atoms with Gasteiger partial charge in [0.25, 0.3) is 0 Å². The minimum atomic E-state index is -4.47. The summed E-state index contributed by atoms with van der Waals surface area (Å²) in [4.78, 5) is 0. The molecule has 0 aliphatic rings. The second-order valence-corrected chi connectivity index (χ2v) is 3.53. The average Bonchev–Trinajstić information content (AvgIpc) is 2.15. The van der Waals surface area contributed by atoms with Crippen molar-refractivity contribution in [1.82, 2.24) is 0 Å². The molecule has 0 fully saturated rings. The summed E-state index contributed by atoms with van der Waals surface area (Å²) >= 11 is 0. The van der Waals surface area contributed by atoms with E-state index in [0.29, 0.717) is 0 Å². The van der Waals surface area contributed by atoms with Gasteiger partial charge in [-0.1, -0.05) is 26.0 Å². The standard InChI is InChI=1S/C11H10F3N/c1-7(2)9-5-3-4-8(6-15)10(9)11(12,13)14/h3-5,7H,1-2H3. The van der Waals surface area contributed by atoms with Crippen molar-refractivity contribution in [3.8, 4) is 6.07 Å². The van der Waals surface area contributed by atoms with E-state index in [4.69, 9.17) is 5.26 Å². The van der Waals surface area contributed by atoms with E-state index >= 15 is 0 Å². The third-order valence-electron chi connectivity index (χ3n) is 2.12. The van der Waals surface area contributed by atoms with Gasteiger partial charge in [0.1, 0.15) is 0 Å². The van der Waals surface area contributed by atoms with Crippen molar-refractivity contribution in [2.24, 2.45) is 0 Å². The smallest absolute Gasteiger partial charge is 0.192 e. The summed E-state index contributed by atoms with van der Waals surface area (Å²) in [7, 11) is 0. The highest BCUT2D eigenvalue weighted by molar-refractivity contribution is 5.45. The van der Waals surface area contributed by atoms with Crippen LogP contribution in [0.5, 0.6) is 0 Å². The summed E-state index contributed by atoms with van der Waals surface area (Å²) in [6.07, 6.45) is -4.47. The lowest BCUT2D eigenvalue weighted by Gasteiger charge is -2.16. The maximum absolute atomic E-state index is 12.7. The Hall–Kier alpha value is -1.50. The lowest BCUT2D eigenvalue weighted by Crippen LogP contribution is -2.12. The van der Waals surface area contributed by atoms with Crippen molar-refractivity contribution >= 4 is 0 Å². The van der Waals surface area contributed by atoms with Crippen molar-refractivity contribution < 1.29 is 13.2 Å². The predicted molar refractivity (Wildman–Crippen MR) is 50.2 cm³/mol. The number of hydrogen-bond acceptors (Lipinski definition) is 1. The van der Waals surface area contributed by atoms with Crippen LogP contribution in [0, 0.1) is 11.3 Å². The molecule has 0 saturated carbocycles. The van der Waals surface area contributed by atoms with Crippen LogP contribution in [-0.4, -0.2) is 0 Å². The SMILES string of the molecule is CC(C)c1cccc(C#N)c1C(F)(F)F. The quantitative estimate of drug-likeness (QED) is 0.697. The van der Waals surface area contributed by atoms with E-state index in [1.165, 1.54) is 18.2 Å². The summed E-state index contributed by atoms with van der Waals surface area (Å²) < 4.78 is 38.1. The normalized spacial score (nSPS) is 11.5. The molecule has 1 aromatic carbocycles. The van der Waals surface area contributed by atoms with Crippen LogP contribution in [0.2, 0.25) is 0 Å². The first-order valence-electron chi connectivity index (χ1n) is 4.48. The third kappa shape index (κ3) is 2.30. The molecular formula is C11H10F3N. The van der Waals surface area contributed by atoms with Crippen LogP contribution in [0.4, 0.5) is 13.2 Å². The van der Waals surface area contributed by atoms with Crippen LogP contribution in [-0.2, 0) is 6.18 Å². The second-order valence-electron chi connectivity index (χ2n) is 3.53. The van der Waals surface area contributed by atoms with Gasteiger partial charge in [-0.3, -0.25) is 0 Å². The number of halogens is 3. The van der Waals surface area contributed by atoms with Gasteiger partial charge in [-0.2, -0.15) is 18.4 Å². The molecule has 4 heteroatoms. The van der Waals surface area contributed by atoms with E-state index in [1.807, 2.05) is 0 Å². The van der Waals surface area contributed by atoms with Crippen molar-refractivity contribution in [2.45, 2.75) is 25.9 Å². The molecule has 1 nitrogen and oxygen atoms in total. The van der Waals surface area contributed by atoms with Crippen LogP contribution < -0.4 is 0 Å². The molecule has 1 aromatic rings. The van der Waals surface area contributed by atoms with Crippen LogP contribution in [0.1, 0.15) is 36.5 Å². The molecule has 80 valence electrons. The molecule has 1 rings (SSSR count). The van der Waals surface area contributed by atoms with Gasteiger partial charge in [0.05, 0.1) is 17.2 Å². The third-order valence-corrected chi connectivity index (χ3v) is 2.12. The molecule has 0 heterocycles. The largest absolute Gasteiger partial charge is 0.417 e. The Morgan fingerprint density at radius 2 is 1.87 bits per heavy atom. The molecule has 0 aliphatic heterocycles. The fourth-order valence-electron chi connectivity index (χ4n) is 1.46. The second kappa shape index (κ2) is 3.93. The zero-order valence-corrected chi connectivity index (χ0v) is 8.39. The molecule has 0 N–H and O–H groups in total. The molecular weight excluding hydrogens is 203 g/mol. The number of nitrogens with zero attached hydrogens (tertiary/aromatic N) is 1. The van der Waals surface area contributed by atoms with Gasteiger partial charge in [0.15, 0.2) is 0 Å². The Morgan fingerprint density at radius 3 is 2.27 bits per heavy atom. The van der Waals surface area contributed by atoms with Crippen molar-refractivity contribution in [2.75, 3.05) is 0 Å². The molecule has 15 heavy (non-hydrogen) atoms. The van der Waals surface area contributed by atoms with Crippen LogP contribution in [0.25, 0.3) is 0 Å². The molecule has 0 aromatic heterocycles. The van der Waals surface area contributed by atoms with E-state index in [2.05, 4.69) is 0 Å². The Kier molecular flexibility index (Phi) is 3.04. The molecule has 0 aliphatic carbocycles. The number of benzene rings is 1. The van der Waals surface area contributed by atoms with Crippen molar-refractivity contribution in [1.29, 1.82) is 5.26 Å². The van der Waals surface area contributed by atoms with Gasteiger partial charge in [-0.05, 0) is 17.5 Å². The first kappa shape index (κ1) is 11.6. The Bertz CT molecular complexity index is 399. The lowest BCUT2D eigenvalue weighted by molar-refractivity contribution is -0.138. The monoisotopic (exact) mass is 213 g/mol.